The summed E-state index contributed by atoms with van der Waals surface area (Å²) in [7, 11) is 3.64. The highest BCUT2D eigenvalue weighted by atomic mass is 32.1. The number of amides is 9. The highest BCUT2D eigenvalue weighted by Gasteiger charge is 2.44. The smallest absolute Gasteiger partial charge is 0.407 e. The Bertz CT molecular complexity index is 3200. The molecule has 11 atom stereocenters. The van der Waals surface area contributed by atoms with Crippen LogP contribution >= 0.6 is 11.3 Å². The van der Waals surface area contributed by atoms with Crippen molar-refractivity contribution in [3.63, 3.8) is 0 Å². The molecule has 3 heterocycles. The minimum absolute atomic E-state index is 0.0601. The third kappa shape index (κ3) is 22.3. The minimum Gasteiger partial charge on any atom is -0.481 e. The molecule has 0 bridgehead atoms. The van der Waals surface area contributed by atoms with Crippen molar-refractivity contribution in [2.75, 3.05) is 32.5 Å². The summed E-state index contributed by atoms with van der Waals surface area (Å²) in [6.07, 6.45) is 2.46. The number of quaternary nitrogens is 1. The molecule has 1 fully saturated rings. The largest absolute Gasteiger partial charge is 0.481 e. The number of thiazole rings is 1. The average molecular weight is 1330 g/mol. The van der Waals surface area contributed by atoms with Gasteiger partial charge >= 0.3 is 24.0 Å². The number of likely N-dealkylation sites (tertiary alicyclic amines) is 1. The number of nitrogens with one attached hydrogen (secondary N) is 6. The lowest BCUT2D eigenvalue weighted by atomic mass is 9.92. The Balaban J connectivity index is 1.27. The number of hydrogen-bond donors (Lipinski definition) is 8. The number of piperidine rings is 1. The second kappa shape index (κ2) is 34.5. The van der Waals surface area contributed by atoms with Crippen molar-refractivity contribution in [1.29, 1.82) is 0 Å². The van der Waals surface area contributed by atoms with Crippen LogP contribution in [0.4, 0.5) is 10.5 Å². The molecule has 1 aromatic heterocycles. The van der Waals surface area contributed by atoms with Gasteiger partial charge in [-0.15, -0.1) is 11.3 Å². The molecule has 2 aromatic carbocycles. The maximum atomic E-state index is 14.9. The summed E-state index contributed by atoms with van der Waals surface area (Å²) in [5.74, 6) is -10.2. The van der Waals surface area contributed by atoms with E-state index in [9.17, 15) is 67.7 Å². The number of benzene rings is 2. The molecule has 0 radical (unpaired) electrons. The Morgan fingerprint density at radius 2 is 1.45 bits per heavy atom. The van der Waals surface area contributed by atoms with Gasteiger partial charge in [-0.3, -0.25) is 57.6 Å². The van der Waals surface area contributed by atoms with Gasteiger partial charge in [0.05, 0.1) is 26.1 Å². The third-order valence-electron chi connectivity index (χ3n) is 16.9. The highest BCUT2D eigenvalue weighted by molar-refractivity contribution is 7.09. The predicted octanol–water partition coefficient (Wildman–Crippen LogP) is 6.05. The van der Waals surface area contributed by atoms with Crippen molar-refractivity contribution in [2.45, 2.75) is 194 Å². The summed E-state index contributed by atoms with van der Waals surface area (Å²) in [6.45, 7) is 19.0. The summed E-state index contributed by atoms with van der Waals surface area (Å²) >= 11 is 1.12. The number of esters is 1. The van der Waals surface area contributed by atoms with Gasteiger partial charge in [0, 0.05) is 74.1 Å². The number of aromatic nitrogens is 1. The molecule has 1 unspecified atom stereocenters. The van der Waals surface area contributed by atoms with Gasteiger partial charge in [-0.1, -0.05) is 97.4 Å². The standard InChI is InChI=1S/C67H94N10O16S/c1-14-40(6)57(64(88)75(12)49(38(2)3)34-52(92-42(8)78)63-72-48(37-94-63)59(84)70-46(32-41(7)65(89)90)33-43-20-16-15-17-21-43)74-61(86)51-22-18-19-31-77(51,13)36-44-23-25-45(26-24-44)69-58(83)47(27-30-55(81)82)71-62(87)56(39(4)5)73-60(85)50(76-53(79)28-29-54(76)80)35-68-66(91)93-67(9,10)11/h15-17,20-21,23-26,28-29,37-41,46-47,49-52,56-57H,14,18-19,22,27,30-36H2,1-13H3,(H7-,68,69,70,71,73,74,81,82,83,84,85,86,87,89,90,91)/p+1/t40-,41-,46+,47-,49+,50-,51+,52+,56-,57-,77?/m0/s1. The number of rotatable bonds is 33. The molecule has 0 spiro atoms. The molecule has 8 N–H and O–H groups in total. The van der Waals surface area contributed by atoms with Gasteiger partial charge < -0.3 is 61.0 Å². The van der Waals surface area contributed by atoms with E-state index in [1.54, 1.807) is 83.1 Å². The molecule has 5 rings (SSSR count). The maximum Gasteiger partial charge on any atom is 0.407 e. The van der Waals surface area contributed by atoms with Gasteiger partial charge in [-0.25, -0.2) is 9.78 Å². The zero-order valence-corrected chi connectivity index (χ0v) is 57.0. The van der Waals surface area contributed by atoms with Gasteiger partial charge in [0.2, 0.25) is 23.6 Å². The first-order chi connectivity index (χ1) is 44.1. The number of imide groups is 1. The number of carbonyl (C=O) groups excluding carboxylic acids is 10. The monoisotopic (exact) mass is 1330 g/mol. The van der Waals surface area contributed by atoms with Crippen LogP contribution < -0.4 is 31.9 Å². The summed E-state index contributed by atoms with van der Waals surface area (Å²) in [5, 5.41) is 37.6. The number of aliphatic carboxylic acids is 2. The van der Waals surface area contributed by atoms with Crippen molar-refractivity contribution in [2.24, 2.45) is 23.7 Å². The molecule has 2 aliphatic rings. The molecular weight excluding hydrogens is 1230 g/mol. The lowest BCUT2D eigenvalue weighted by Gasteiger charge is -2.44. The lowest BCUT2D eigenvalue weighted by molar-refractivity contribution is -0.942. The molecule has 9 amide bonds. The van der Waals surface area contributed by atoms with Crippen molar-refractivity contribution >= 4 is 88.3 Å². The van der Waals surface area contributed by atoms with E-state index >= 15 is 0 Å². The Kier molecular flexibility index (Phi) is 28.0. The quantitative estimate of drug-likeness (QED) is 0.0195. The van der Waals surface area contributed by atoms with Crippen LogP contribution in [0.5, 0.6) is 0 Å². The topological polar surface area (TPSA) is 355 Å². The first-order valence-electron chi connectivity index (χ1n) is 32.0. The number of carboxylic acid groups (broad SMARTS) is 2. The maximum absolute atomic E-state index is 14.9. The fourth-order valence-electron chi connectivity index (χ4n) is 11.5. The van der Waals surface area contributed by atoms with Gasteiger partial charge in [-0.05, 0) is 88.3 Å². The molecule has 94 heavy (non-hydrogen) atoms. The van der Waals surface area contributed by atoms with Crippen molar-refractivity contribution in [3.05, 3.63) is 94.0 Å². The van der Waals surface area contributed by atoms with E-state index in [1.165, 1.54) is 6.92 Å². The van der Waals surface area contributed by atoms with Crippen molar-refractivity contribution in [3.8, 4) is 0 Å². The van der Waals surface area contributed by atoms with Crippen LogP contribution in [0.15, 0.2) is 72.1 Å². The fraction of sp³-hybridized carbons (Fsp3) is 0.567. The first kappa shape index (κ1) is 76.1. The molecule has 26 nitrogen and oxygen atoms in total. The zero-order chi connectivity index (χ0) is 69.9. The first-order valence-corrected chi connectivity index (χ1v) is 32.9. The SMILES string of the molecule is CC[C@H](C)[C@H](NC(=O)[C@H]1CCCC[N+]1(C)Cc1ccc(NC(=O)[C@H](CCC(=O)O)NC(=O)[C@@H](NC(=O)[C@H](CNC(=O)OC(C)(C)C)N2C(=O)C=CC2=O)C(C)C)cc1)C(=O)N(C)[C@H](C[C@@H](OC(C)=O)c1nc(C(=O)N[C@@H](Cc2ccccc2)C[C@H](C)C(=O)O)cs1)C(C)C. The predicted molar refractivity (Wildman–Crippen MR) is 349 cm³/mol. The Morgan fingerprint density at radius 1 is 0.798 bits per heavy atom. The van der Waals surface area contributed by atoms with Crippen LogP contribution in [-0.4, -0.2) is 176 Å². The summed E-state index contributed by atoms with van der Waals surface area (Å²) in [6, 6.07) is 9.19. The Morgan fingerprint density at radius 3 is 2.02 bits per heavy atom. The van der Waals surface area contributed by atoms with Crippen molar-refractivity contribution < 1.29 is 81.7 Å². The second-order valence-corrected chi connectivity index (χ2v) is 27.3. The molecule has 3 aromatic rings. The normalized spacial score (nSPS) is 18.5. The average Bonchev–Trinajstić information content (AvgIpc) is 0.830. The number of likely N-dealkylation sites (N-methyl/N-ethyl adjacent to an activating group) is 2. The van der Waals surface area contributed by atoms with Gasteiger partial charge in [-0.2, -0.15) is 0 Å². The molecular formula is C67H95N10O16S+. The summed E-state index contributed by atoms with van der Waals surface area (Å²) in [4.78, 5) is 167. The van der Waals surface area contributed by atoms with E-state index in [-0.39, 0.29) is 53.1 Å². The molecule has 1 saturated heterocycles. The van der Waals surface area contributed by atoms with Gasteiger partial charge in [0.25, 0.3) is 23.6 Å². The molecule has 27 heteroatoms. The zero-order valence-electron chi connectivity index (χ0n) is 56.1. The molecule has 0 saturated carbocycles. The number of nitrogens with zero attached hydrogens (tertiary/aromatic N) is 4. The lowest BCUT2D eigenvalue weighted by Crippen LogP contribution is -2.63. The summed E-state index contributed by atoms with van der Waals surface area (Å²) < 4.78 is 11.4. The molecule has 2 aliphatic heterocycles. The van der Waals surface area contributed by atoms with Crippen LogP contribution in [0, 0.1) is 23.7 Å². The Hall–Kier alpha value is -8.59. The second-order valence-electron chi connectivity index (χ2n) is 26.4. The number of alkyl carbamates (subject to hydrolysis) is 1. The fourth-order valence-corrected chi connectivity index (χ4v) is 12.4. The van der Waals surface area contributed by atoms with Crippen molar-refractivity contribution in [1.82, 2.24) is 41.4 Å². The van der Waals surface area contributed by atoms with Crippen LogP contribution in [-0.2, 0) is 70.4 Å². The number of ether oxygens (including phenoxy) is 2. The van der Waals surface area contributed by atoms with E-state index in [0.29, 0.717) is 47.9 Å². The van der Waals surface area contributed by atoms with E-state index < -0.39 is 138 Å². The van der Waals surface area contributed by atoms with Crippen LogP contribution in [0.3, 0.4) is 0 Å². The van der Waals surface area contributed by atoms with E-state index in [1.807, 2.05) is 65.1 Å². The summed E-state index contributed by atoms with van der Waals surface area (Å²) in [5.41, 5.74) is 1.16. The third-order valence-corrected chi connectivity index (χ3v) is 17.9. The van der Waals surface area contributed by atoms with E-state index in [2.05, 4.69) is 36.9 Å². The molecule has 0 aliphatic carbocycles. The van der Waals surface area contributed by atoms with Crippen LogP contribution in [0.1, 0.15) is 160 Å². The van der Waals surface area contributed by atoms with Gasteiger partial charge in [0.1, 0.15) is 47.0 Å². The number of hydrogen-bond acceptors (Lipinski definition) is 16. The number of anilines is 1. The van der Waals surface area contributed by atoms with E-state index in [0.717, 1.165) is 47.5 Å². The highest BCUT2D eigenvalue weighted by Crippen LogP contribution is 2.33. The number of carboxylic acids is 2. The van der Waals surface area contributed by atoms with Crippen LogP contribution in [0.25, 0.3) is 0 Å². The number of carbonyl (C=O) groups is 12. The van der Waals surface area contributed by atoms with Gasteiger partial charge in [0.15, 0.2) is 12.1 Å². The Labute approximate surface area is 553 Å². The minimum atomic E-state index is -1.63. The van der Waals surface area contributed by atoms with Crippen LogP contribution in [0.2, 0.25) is 0 Å². The van der Waals surface area contributed by atoms with E-state index in [4.69, 9.17) is 9.47 Å². The molecule has 514 valence electrons.